The highest BCUT2D eigenvalue weighted by Crippen LogP contribution is 2.17. The van der Waals surface area contributed by atoms with E-state index in [2.05, 4.69) is 27.0 Å². The Morgan fingerprint density at radius 1 is 1.06 bits per heavy atom. The molecular weight excluding hydrogens is 440 g/mol. The third kappa shape index (κ3) is 7.70. The molecule has 186 valence electrons. The Morgan fingerprint density at radius 2 is 1.77 bits per heavy atom. The molecule has 7 nitrogen and oxygen atoms in total. The number of carbonyl (C=O) groups is 2. The molecule has 0 aliphatic heterocycles. The van der Waals surface area contributed by atoms with Crippen molar-refractivity contribution in [1.29, 1.82) is 0 Å². The van der Waals surface area contributed by atoms with Crippen molar-refractivity contribution in [3.63, 3.8) is 0 Å². The molecule has 1 N–H and O–H groups in total. The largest absolute Gasteiger partial charge is 0.444 e. The standard InChI is InChI=1S/C28H36N4O3/c1-21-17-25(22(2)32(21)20-23-11-7-6-8-12-23)26(33)30-15-10-16-31(27(34)35-28(3,4)5)19-24-13-9-14-29-18-24/h6-9,11-14,17-18H,10,15-16,19-20H2,1-5H3,(H,30,33). The second-order valence-corrected chi connectivity index (χ2v) is 9.73. The molecule has 0 atom stereocenters. The molecule has 1 aromatic carbocycles. The monoisotopic (exact) mass is 476 g/mol. The summed E-state index contributed by atoms with van der Waals surface area (Å²) in [6, 6.07) is 15.9. The minimum absolute atomic E-state index is 0.103. The van der Waals surface area contributed by atoms with E-state index >= 15 is 0 Å². The van der Waals surface area contributed by atoms with Crippen molar-refractivity contribution in [2.75, 3.05) is 13.1 Å². The van der Waals surface area contributed by atoms with Gasteiger partial charge in [0.15, 0.2) is 0 Å². The lowest BCUT2D eigenvalue weighted by atomic mass is 10.2. The van der Waals surface area contributed by atoms with Gasteiger partial charge in [0.1, 0.15) is 5.60 Å². The summed E-state index contributed by atoms with van der Waals surface area (Å²) < 4.78 is 7.73. The lowest BCUT2D eigenvalue weighted by molar-refractivity contribution is 0.0232. The van der Waals surface area contributed by atoms with E-state index in [4.69, 9.17) is 4.74 Å². The zero-order valence-electron chi connectivity index (χ0n) is 21.4. The molecule has 0 aliphatic rings. The van der Waals surface area contributed by atoms with Gasteiger partial charge in [0.25, 0.3) is 5.91 Å². The summed E-state index contributed by atoms with van der Waals surface area (Å²) in [5.41, 5.74) is 4.20. The van der Waals surface area contributed by atoms with E-state index in [0.29, 0.717) is 31.6 Å². The molecule has 3 aromatic rings. The minimum Gasteiger partial charge on any atom is -0.444 e. The number of hydrogen-bond acceptors (Lipinski definition) is 4. The number of nitrogens with zero attached hydrogens (tertiary/aromatic N) is 3. The molecule has 0 radical (unpaired) electrons. The van der Waals surface area contributed by atoms with Crippen LogP contribution in [0, 0.1) is 13.8 Å². The van der Waals surface area contributed by atoms with Gasteiger partial charge in [-0.15, -0.1) is 0 Å². The Morgan fingerprint density at radius 3 is 2.43 bits per heavy atom. The Bertz CT molecular complexity index is 1120. The van der Waals surface area contributed by atoms with Crippen LogP contribution in [0.4, 0.5) is 4.79 Å². The summed E-state index contributed by atoms with van der Waals surface area (Å²) in [6.07, 6.45) is 3.67. The summed E-state index contributed by atoms with van der Waals surface area (Å²) in [7, 11) is 0. The Labute approximate surface area is 208 Å². The second kappa shape index (κ2) is 11.7. The van der Waals surface area contributed by atoms with Crippen LogP contribution in [0.1, 0.15) is 60.1 Å². The van der Waals surface area contributed by atoms with Crippen molar-refractivity contribution >= 4 is 12.0 Å². The normalized spacial score (nSPS) is 11.2. The van der Waals surface area contributed by atoms with Crippen molar-refractivity contribution in [2.24, 2.45) is 0 Å². The predicted molar refractivity (Wildman–Crippen MR) is 137 cm³/mol. The number of carbonyl (C=O) groups excluding carboxylic acids is 2. The third-order valence-electron chi connectivity index (χ3n) is 5.64. The van der Waals surface area contributed by atoms with E-state index in [1.807, 2.05) is 71.0 Å². The Balaban J connectivity index is 1.58. The number of amides is 2. The van der Waals surface area contributed by atoms with Crippen LogP contribution in [0.5, 0.6) is 0 Å². The van der Waals surface area contributed by atoms with Gasteiger partial charge in [-0.25, -0.2) is 4.79 Å². The van der Waals surface area contributed by atoms with Crippen molar-refractivity contribution in [2.45, 2.75) is 59.7 Å². The fourth-order valence-corrected chi connectivity index (χ4v) is 3.88. The topological polar surface area (TPSA) is 76.5 Å². The average molecular weight is 477 g/mol. The average Bonchev–Trinajstić information content (AvgIpc) is 3.09. The molecular formula is C28H36N4O3. The molecule has 0 aliphatic carbocycles. The highest BCUT2D eigenvalue weighted by atomic mass is 16.6. The van der Waals surface area contributed by atoms with Gasteiger partial charge in [0.05, 0.1) is 12.1 Å². The van der Waals surface area contributed by atoms with Crippen LogP contribution in [0.15, 0.2) is 60.9 Å². The maximum atomic E-state index is 12.9. The van der Waals surface area contributed by atoms with Crippen LogP contribution in [-0.4, -0.2) is 45.1 Å². The Kier molecular flexibility index (Phi) is 8.68. The first kappa shape index (κ1) is 26.0. The van der Waals surface area contributed by atoms with Gasteiger partial charge in [-0.3, -0.25) is 9.78 Å². The van der Waals surface area contributed by atoms with Crippen LogP contribution in [-0.2, 0) is 17.8 Å². The van der Waals surface area contributed by atoms with Crippen LogP contribution in [0.2, 0.25) is 0 Å². The van der Waals surface area contributed by atoms with Gasteiger partial charge in [-0.05, 0) is 64.3 Å². The van der Waals surface area contributed by atoms with E-state index in [9.17, 15) is 9.59 Å². The summed E-state index contributed by atoms with van der Waals surface area (Å²) in [5, 5.41) is 3.01. The van der Waals surface area contributed by atoms with E-state index in [1.54, 1.807) is 17.3 Å². The van der Waals surface area contributed by atoms with Crippen LogP contribution < -0.4 is 5.32 Å². The predicted octanol–water partition coefficient (Wildman–Crippen LogP) is 5.11. The van der Waals surface area contributed by atoms with Crippen molar-refractivity contribution in [3.05, 3.63) is 89.0 Å². The zero-order valence-corrected chi connectivity index (χ0v) is 21.4. The van der Waals surface area contributed by atoms with E-state index < -0.39 is 5.60 Å². The molecule has 2 heterocycles. The number of benzene rings is 1. The molecule has 35 heavy (non-hydrogen) atoms. The van der Waals surface area contributed by atoms with E-state index in [1.165, 1.54) is 5.56 Å². The number of rotatable bonds is 9. The fourth-order valence-electron chi connectivity index (χ4n) is 3.88. The van der Waals surface area contributed by atoms with Crippen LogP contribution >= 0.6 is 0 Å². The summed E-state index contributed by atoms with van der Waals surface area (Å²) in [4.78, 5) is 31.4. The summed E-state index contributed by atoms with van der Waals surface area (Å²) in [5.74, 6) is -0.103. The summed E-state index contributed by atoms with van der Waals surface area (Å²) >= 11 is 0. The summed E-state index contributed by atoms with van der Waals surface area (Å²) in [6.45, 7) is 11.6. The van der Waals surface area contributed by atoms with Crippen LogP contribution in [0.25, 0.3) is 0 Å². The number of pyridine rings is 1. The van der Waals surface area contributed by atoms with Gasteiger partial charge >= 0.3 is 6.09 Å². The minimum atomic E-state index is -0.583. The molecule has 2 aromatic heterocycles. The smallest absolute Gasteiger partial charge is 0.410 e. The molecule has 2 amide bonds. The number of nitrogens with one attached hydrogen (secondary N) is 1. The molecule has 0 saturated heterocycles. The first-order chi connectivity index (χ1) is 16.6. The number of ether oxygens (including phenoxy) is 1. The highest BCUT2D eigenvalue weighted by Gasteiger charge is 2.22. The SMILES string of the molecule is Cc1cc(C(=O)NCCCN(Cc2cccnc2)C(=O)OC(C)(C)C)c(C)n1Cc1ccccc1. The lowest BCUT2D eigenvalue weighted by Crippen LogP contribution is -2.38. The maximum absolute atomic E-state index is 12.9. The zero-order chi connectivity index (χ0) is 25.4. The lowest BCUT2D eigenvalue weighted by Gasteiger charge is -2.27. The van der Waals surface area contributed by atoms with Crippen molar-refractivity contribution < 1.29 is 14.3 Å². The van der Waals surface area contributed by atoms with E-state index in [0.717, 1.165) is 23.5 Å². The molecule has 0 saturated carbocycles. The number of aryl methyl sites for hydroxylation is 1. The maximum Gasteiger partial charge on any atom is 0.410 e. The van der Waals surface area contributed by atoms with Crippen LogP contribution in [0.3, 0.4) is 0 Å². The van der Waals surface area contributed by atoms with Gasteiger partial charge in [-0.1, -0.05) is 36.4 Å². The van der Waals surface area contributed by atoms with Gasteiger partial charge in [0, 0.05) is 43.4 Å². The van der Waals surface area contributed by atoms with Gasteiger partial charge in [-0.2, -0.15) is 0 Å². The van der Waals surface area contributed by atoms with Crippen molar-refractivity contribution in [3.8, 4) is 0 Å². The first-order valence-corrected chi connectivity index (χ1v) is 12.0. The Hall–Kier alpha value is -3.61. The third-order valence-corrected chi connectivity index (χ3v) is 5.64. The number of hydrogen-bond donors (Lipinski definition) is 1. The highest BCUT2D eigenvalue weighted by molar-refractivity contribution is 5.95. The first-order valence-electron chi connectivity index (χ1n) is 12.0. The second-order valence-electron chi connectivity index (χ2n) is 9.73. The number of aromatic nitrogens is 2. The van der Waals surface area contributed by atoms with Gasteiger partial charge < -0.3 is 19.5 Å². The quantitative estimate of drug-likeness (QED) is 0.436. The van der Waals surface area contributed by atoms with Crippen molar-refractivity contribution in [1.82, 2.24) is 19.8 Å². The fraction of sp³-hybridized carbons (Fsp3) is 0.393. The van der Waals surface area contributed by atoms with Gasteiger partial charge in [0.2, 0.25) is 0 Å². The molecule has 0 spiro atoms. The molecule has 0 bridgehead atoms. The molecule has 0 fully saturated rings. The molecule has 7 heteroatoms. The van der Waals surface area contributed by atoms with E-state index in [-0.39, 0.29) is 12.0 Å². The molecule has 3 rings (SSSR count). The molecule has 0 unspecified atom stereocenters.